The molecule has 0 saturated heterocycles. The number of carbonyl (C=O) groups excluding carboxylic acids is 1. The van der Waals surface area contributed by atoms with Crippen molar-refractivity contribution in [2.45, 2.75) is 33.8 Å². The van der Waals surface area contributed by atoms with Crippen LogP contribution in [0.4, 0.5) is 5.69 Å². The number of thiocarbonyl (C=S) groups is 1. The van der Waals surface area contributed by atoms with E-state index in [4.69, 9.17) is 17.0 Å². The zero-order chi connectivity index (χ0) is 17.7. The fraction of sp³-hybridized carbons (Fsp3) is 0.263. The van der Waals surface area contributed by atoms with Gasteiger partial charge in [-0.1, -0.05) is 24.3 Å². The minimum Gasteiger partial charge on any atom is -0.490 e. The van der Waals surface area contributed by atoms with Crippen LogP contribution in [0.2, 0.25) is 0 Å². The van der Waals surface area contributed by atoms with Gasteiger partial charge in [0.25, 0.3) is 5.91 Å². The highest BCUT2D eigenvalue weighted by molar-refractivity contribution is 7.80. The van der Waals surface area contributed by atoms with Gasteiger partial charge in [0.2, 0.25) is 0 Å². The summed E-state index contributed by atoms with van der Waals surface area (Å²) in [6, 6.07) is 13.1. The Morgan fingerprint density at radius 2 is 1.83 bits per heavy atom. The minimum absolute atomic E-state index is 0.0148. The number of hydrogen-bond donors (Lipinski definition) is 2. The molecule has 24 heavy (non-hydrogen) atoms. The highest BCUT2D eigenvalue weighted by Gasteiger charge is 2.14. The number of ether oxygens (including phenoxy) is 1. The summed E-state index contributed by atoms with van der Waals surface area (Å²) in [6.07, 6.45) is -0.0148. The zero-order valence-corrected chi connectivity index (χ0v) is 15.2. The van der Waals surface area contributed by atoms with E-state index >= 15 is 0 Å². The number of amides is 1. The summed E-state index contributed by atoms with van der Waals surface area (Å²) >= 11 is 5.26. The second-order valence-electron chi connectivity index (χ2n) is 5.89. The van der Waals surface area contributed by atoms with E-state index in [0.29, 0.717) is 11.3 Å². The molecule has 1 amide bonds. The molecule has 0 fully saturated rings. The topological polar surface area (TPSA) is 50.4 Å². The summed E-state index contributed by atoms with van der Waals surface area (Å²) in [4.78, 5) is 12.5. The van der Waals surface area contributed by atoms with Crippen LogP contribution in [0, 0.1) is 13.8 Å². The van der Waals surface area contributed by atoms with Crippen molar-refractivity contribution in [3.8, 4) is 5.75 Å². The van der Waals surface area contributed by atoms with Crippen molar-refractivity contribution in [3.05, 3.63) is 59.2 Å². The van der Waals surface area contributed by atoms with Crippen LogP contribution in [0.15, 0.2) is 42.5 Å². The van der Waals surface area contributed by atoms with Gasteiger partial charge in [0.05, 0.1) is 11.7 Å². The monoisotopic (exact) mass is 342 g/mol. The molecule has 0 aliphatic rings. The lowest BCUT2D eigenvalue weighted by Gasteiger charge is -2.15. The third-order valence-electron chi connectivity index (χ3n) is 3.36. The minimum atomic E-state index is -0.297. The summed E-state index contributed by atoms with van der Waals surface area (Å²) in [7, 11) is 0. The molecule has 0 unspecified atom stereocenters. The Hall–Kier alpha value is -2.40. The first-order valence-electron chi connectivity index (χ1n) is 7.82. The molecule has 5 heteroatoms. The molecule has 4 nitrogen and oxygen atoms in total. The van der Waals surface area contributed by atoms with Gasteiger partial charge in [-0.15, -0.1) is 0 Å². The summed E-state index contributed by atoms with van der Waals surface area (Å²) in [5, 5.41) is 6.03. The Balaban J connectivity index is 2.09. The Kier molecular flexibility index (Phi) is 5.93. The SMILES string of the molecule is Cc1ccc(C)c(NC(=S)NC(=O)c2ccccc2OC(C)C)c1. The summed E-state index contributed by atoms with van der Waals surface area (Å²) in [6.45, 7) is 7.83. The smallest absolute Gasteiger partial charge is 0.261 e. The molecule has 0 atom stereocenters. The number of para-hydroxylation sites is 1. The molecule has 0 spiro atoms. The molecule has 2 rings (SSSR count). The van der Waals surface area contributed by atoms with Gasteiger partial charge in [0.15, 0.2) is 5.11 Å². The van der Waals surface area contributed by atoms with Crippen LogP contribution in [0.5, 0.6) is 5.75 Å². The fourth-order valence-electron chi connectivity index (χ4n) is 2.21. The molecule has 126 valence electrons. The molecule has 0 aliphatic heterocycles. The maximum Gasteiger partial charge on any atom is 0.261 e. The van der Waals surface area contributed by atoms with Gasteiger partial charge >= 0.3 is 0 Å². The predicted molar refractivity (Wildman–Crippen MR) is 102 cm³/mol. The van der Waals surface area contributed by atoms with Crippen molar-refractivity contribution < 1.29 is 9.53 Å². The van der Waals surface area contributed by atoms with Crippen molar-refractivity contribution in [1.82, 2.24) is 5.32 Å². The summed E-state index contributed by atoms with van der Waals surface area (Å²) in [5.74, 6) is 0.244. The Morgan fingerprint density at radius 1 is 1.12 bits per heavy atom. The van der Waals surface area contributed by atoms with Crippen molar-refractivity contribution in [3.63, 3.8) is 0 Å². The van der Waals surface area contributed by atoms with Gasteiger partial charge in [-0.2, -0.15) is 0 Å². The first-order chi connectivity index (χ1) is 11.4. The lowest BCUT2D eigenvalue weighted by atomic mass is 10.1. The normalized spacial score (nSPS) is 10.4. The van der Waals surface area contributed by atoms with E-state index in [1.54, 1.807) is 18.2 Å². The largest absolute Gasteiger partial charge is 0.490 e. The Morgan fingerprint density at radius 3 is 2.54 bits per heavy atom. The average molecular weight is 342 g/mol. The molecular formula is C19H22N2O2S. The maximum absolute atomic E-state index is 12.5. The number of hydrogen-bond acceptors (Lipinski definition) is 3. The van der Waals surface area contributed by atoms with Gasteiger partial charge in [-0.25, -0.2) is 0 Å². The van der Waals surface area contributed by atoms with E-state index in [1.807, 2.05) is 52.0 Å². The molecule has 2 aromatic carbocycles. The Labute approximate surface area is 148 Å². The predicted octanol–water partition coefficient (Wildman–Crippen LogP) is 4.22. The molecule has 0 aliphatic carbocycles. The summed E-state index contributed by atoms with van der Waals surface area (Å²) in [5.41, 5.74) is 3.51. The standard InChI is InChI=1S/C19H22N2O2S/c1-12(2)23-17-8-6-5-7-15(17)18(22)21-19(24)20-16-11-13(3)9-10-14(16)4/h5-12H,1-4H3,(H2,20,21,22,24). The third kappa shape index (κ3) is 4.80. The lowest BCUT2D eigenvalue weighted by Crippen LogP contribution is -2.34. The van der Waals surface area contributed by atoms with E-state index < -0.39 is 0 Å². The number of aryl methyl sites for hydroxylation is 2. The molecule has 2 aromatic rings. The van der Waals surface area contributed by atoms with E-state index in [1.165, 1.54) is 0 Å². The van der Waals surface area contributed by atoms with E-state index in [-0.39, 0.29) is 17.1 Å². The van der Waals surface area contributed by atoms with Crippen LogP contribution in [-0.4, -0.2) is 17.1 Å². The summed E-state index contributed by atoms with van der Waals surface area (Å²) < 4.78 is 5.68. The number of benzene rings is 2. The van der Waals surface area contributed by atoms with Gasteiger partial charge < -0.3 is 10.1 Å². The second kappa shape index (κ2) is 7.93. The van der Waals surface area contributed by atoms with Crippen LogP contribution in [0.25, 0.3) is 0 Å². The number of carbonyl (C=O) groups is 1. The van der Waals surface area contributed by atoms with Crippen molar-refractivity contribution in [2.24, 2.45) is 0 Å². The highest BCUT2D eigenvalue weighted by atomic mass is 32.1. The quantitative estimate of drug-likeness (QED) is 0.817. The van der Waals surface area contributed by atoms with Gasteiger partial charge in [0.1, 0.15) is 5.75 Å². The zero-order valence-electron chi connectivity index (χ0n) is 14.3. The first kappa shape index (κ1) is 17.9. The Bertz CT molecular complexity index is 757. The van der Waals surface area contributed by atoms with Crippen LogP contribution in [0.1, 0.15) is 35.3 Å². The number of nitrogens with one attached hydrogen (secondary N) is 2. The van der Waals surface area contributed by atoms with E-state index in [2.05, 4.69) is 10.6 Å². The molecule has 0 heterocycles. The van der Waals surface area contributed by atoms with E-state index in [9.17, 15) is 4.79 Å². The molecule has 0 radical (unpaired) electrons. The van der Waals surface area contributed by atoms with Crippen LogP contribution < -0.4 is 15.4 Å². The molecular weight excluding hydrogens is 320 g/mol. The molecule has 0 bridgehead atoms. The van der Waals surface area contributed by atoms with Crippen LogP contribution in [-0.2, 0) is 0 Å². The average Bonchev–Trinajstić information content (AvgIpc) is 2.50. The third-order valence-corrected chi connectivity index (χ3v) is 3.57. The van der Waals surface area contributed by atoms with Gasteiger partial charge in [0, 0.05) is 5.69 Å². The van der Waals surface area contributed by atoms with Crippen molar-refractivity contribution in [1.29, 1.82) is 0 Å². The maximum atomic E-state index is 12.5. The highest BCUT2D eigenvalue weighted by Crippen LogP contribution is 2.20. The fourth-order valence-corrected chi connectivity index (χ4v) is 2.41. The van der Waals surface area contributed by atoms with E-state index in [0.717, 1.165) is 16.8 Å². The van der Waals surface area contributed by atoms with Crippen molar-refractivity contribution >= 4 is 28.9 Å². The first-order valence-corrected chi connectivity index (χ1v) is 8.23. The van der Waals surface area contributed by atoms with Crippen LogP contribution >= 0.6 is 12.2 Å². The lowest BCUT2D eigenvalue weighted by molar-refractivity contribution is 0.0972. The number of anilines is 1. The van der Waals surface area contributed by atoms with Gasteiger partial charge in [-0.3, -0.25) is 10.1 Å². The second-order valence-corrected chi connectivity index (χ2v) is 6.30. The van der Waals surface area contributed by atoms with Gasteiger partial charge in [-0.05, 0) is 69.2 Å². The molecule has 0 aromatic heterocycles. The molecule has 0 saturated carbocycles. The van der Waals surface area contributed by atoms with Crippen LogP contribution in [0.3, 0.4) is 0 Å². The van der Waals surface area contributed by atoms with Crippen molar-refractivity contribution in [2.75, 3.05) is 5.32 Å². The molecule has 2 N–H and O–H groups in total. The number of rotatable bonds is 4.